The summed E-state index contributed by atoms with van der Waals surface area (Å²) in [6.45, 7) is 2.07. The van der Waals surface area contributed by atoms with Gasteiger partial charge in [-0.1, -0.05) is 60.2 Å². The number of nitrogens with one attached hydrogen (secondary N) is 1. The molecule has 0 atom stereocenters. The molecule has 0 aliphatic carbocycles. The fourth-order valence-corrected chi connectivity index (χ4v) is 2.98. The molecule has 0 saturated carbocycles. The molecular weight excluding hydrogens is 372 g/mol. The molecule has 5 nitrogen and oxygen atoms in total. The zero-order chi connectivity index (χ0) is 20.8. The summed E-state index contributed by atoms with van der Waals surface area (Å²) in [5, 5.41) is 4.30. The second-order valence-corrected chi connectivity index (χ2v) is 6.84. The standard InChI is InChI=1S/C25H22N4O/c1-18-8-10-20(11-9-18)23-16-24(21-12-14-22(30-2)15-13-21)28-25(27-23)29-26-17-19-6-4-3-5-7-19/h3-17H,1-2H3,(H,27,28,29)/b26-17-. The molecule has 0 aliphatic rings. The molecule has 148 valence electrons. The number of hydrazone groups is 1. The first-order chi connectivity index (χ1) is 14.7. The Hall–Kier alpha value is -3.99. The van der Waals surface area contributed by atoms with Gasteiger partial charge in [-0.05, 0) is 42.8 Å². The summed E-state index contributed by atoms with van der Waals surface area (Å²) < 4.78 is 5.26. The van der Waals surface area contributed by atoms with Crippen LogP contribution in [0.3, 0.4) is 0 Å². The SMILES string of the molecule is COc1ccc(-c2cc(-c3ccc(C)cc3)nc(N/N=C\c3ccccc3)n2)cc1. The molecule has 1 N–H and O–H groups in total. The summed E-state index contributed by atoms with van der Waals surface area (Å²) in [4.78, 5) is 9.32. The van der Waals surface area contributed by atoms with E-state index in [1.54, 1.807) is 13.3 Å². The largest absolute Gasteiger partial charge is 0.497 e. The van der Waals surface area contributed by atoms with E-state index in [1.807, 2.05) is 60.7 Å². The third kappa shape index (κ3) is 4.70. The highest BCUT2D eigenvalue weighted by molar-refractivity contribution is 5.80. The highest BCUT2D eigenvalue weighted by atomic mass is 16.5. The average molecular weight is 394 g/mol. The molecule has 0 unspecified atom stereocenters. The molecule has 0 radical (unpaired) electrons. The number of methoxy groups -OCH3 is 1. The maximum atomic E-state index is 5.26. The van der Waals surface area contributed by atoms with Crippen LogP contribution in [0, 0.1) is 6.92 Å². The Bertz CT molecular complexity index is 1140. The molecule has 0 bridgehead atoms. The van der Waals surface area contributed by atoms with E-state index >= 15 is 0 Å². The van der Waals surface area contributed by atoms with Crippen molar-refractivity contribution in [3.8, 4) is 28.3 Å². The van der Waals surface area contributed by atoms with Crippen molar-refractivity contribution in [2.45, 2.75) is 6.92 Å². The van der Waals surface area contributed by atoms with Crippen LogP contribution in [-0.4, -0.2) is 23.3 Å². The fraction of sp³-hybridized carbons (Fsp3) is 0.0800. The van der Waals surface area contributed by atoms with Gasteiger partial charge < -0.3 is 4.74 Å². The lowest BCUT2D eigenvalue weighted by Crippen LogP contribution is -2.00. The van der Waals surface area contributed by atoms with E-state index in [2.05, 4.69) is 51.7 Å². The maximum Gasteiger partial charge on any atom is 0.244 e. The molecule has 1 aromatic heterocycles. The van der Waals surface area contributed by atoms with Gasteiger partial charge in [0.15, 0.2) is 0 Å². The summed E-state index contributed by atoms with van der Waals surface area (Å²) in [7, 11) is 1.65. The number of nitrogens with zero attached hydrogens (tertiary/aromatic N) is 3. The first kappa shape index (κ1) is 19.3. The monoisotopic (exact) mass is 394 g/mol. The van der Waals surface area contributed by atoms with Gasteiger partial charge in [0.05, 0.1) is 24.7 Å². The molecule has 0 saturated heterocycles. The highest BCUT2D eigenvalue weighted by Gasteiger charge is 2.09. The van der Waals surface area contributed by atoms with Crippen molar-refractivity contribution < 1.29 is 4.74 Å². The zero-order valence-electron chi connectivity index (χ0n) is 16.9. The predicted octanol–water partition coefficient (Wildman–Crippen LogP) is 5.57. The van der Waals surface area contributed by atoms with Gasteiger partial charge in [-0.15, -0.1) is 0 Å². The summed E-state index contributed by atoms with van der Waals surface area (Å²) in [6.07, 6.45) is 1.75. The minimum absolute atomic E-state index is 0.436. The van der Waals surface area contributed by atoms with E-state index in [1.165, 1.54) is 5.56 Å². The number of rotatable bonds is 6. The minimum Gasteiger partial charge on any atom is -0.497 e. The van der Waals surface area contributed by atoms with Gasteiger partial charge in [0, 0.05) is 11.1 Å². The summed E-state index contributed by atoms with van der Waals surface area (Å²) in [5.74, 6) is 1.24. The average Bonchev–Trinajstić information content (AvgIpc) is 2.80. The Labute approximate surface area is 176 Å². The molecule has 3 aromatic carbocycles. The van der Waals surface area contributed by atoms with Crippen molar-refractivity contribution in [2.75, 3.05) is 12.5 Å². The van der Waals surface area contributed by atoms with Crippen molar-refractivity contribution in [3.05, 3.63) is 96.1 Å². The van der Waals surface area contributed by atoms with Crippen LogP contribution in [0.4, 0.5) is 5.95 Å². The van der Waals surface area contributed by atoms with Gasteiger partial charge in [-0.2, -0.15) is 5.10 Å². The Kier molecular flexibility index (Phi) is 5.80. The maximum absolute atomic E-state index is 5.26. The molecule has 0 amide bonds. The van der Waals surface area contributed by atoms with E-state index in [-0.39, 0.29) is 0 Å². The first-order valence-corrected chi connectivity index (χ1v) is 9.66. The highest BCUT2D eigenvalue weighted by Crippen LogP contribution is 2.26. The minimum atomic E-state index is 0.436. The molecule has 0 fully saturated rings. The third-order valence-corrected chi connectivity index (χ3v) is 4.64. The summed E-state index contributed by atoms with van der Waals surface area (Å²) >= 11 is 0. The molecule has 4 rings (SSSR count). The normalized spacial score (nSPS) is 10.9. The molecule has 0 aliphatic heterocycles. The summed E-state index contributed by atoms with van der Waals surface area (Å²) in [6, 6.07) is 27.9. The van der Waals surface area contributed by atoms with E-state index in [0.717, 1.165) is 33.8 Å². The van der Waals surface area contributed by atoms with Crippen molar-refractivity contribution >= 4 is 12.2 Å². The lowest BCUT2D eigenvalue weighted by atomic mass is 10.1. The van der Waals surface area contributed by atoms with Crippen molar-refractivity contribution in [2.24, 2.45) is 5.10 Å². The van der Waals surface area contributed by atoms with Crippen LogP contribution >= 0.6 is 0 Å². The first-order valence-electron chi connectivity index (χ1n) is 9.66. The fourth-order valence-electron chi connectivity index (χ4n) is 2.98. The van der Waals surface area contributed by atoms with Gasteiger partial charge >= 0.3 is 0 Å². The molecule has 5 heteroatoms. The lowest BCUT2D eigenvalue weighted by molar-refractivity contribution is 0.415. The van der Waals surface area contributed by atoms with Crippen LogP contribution in [0.5, 0.6) is 5.75 Å². The third-order valence-electron chi connectivity index (χ3n) is 4.64. The Morgan fingerprint density at radius 1 is 0.800 bits per heavy atom. The molecule has 4 aromatic rings. The number of aromatic nitrogens is 2. The second-order valence-electron chi connectivity index (χ2n) is 6.84. The number of hydrogen-bond donors (Lipinski definition) is 1. The number of hydrogen-bond acceptors (Lipinski definition) is 5. The molecular formula is C25H22N4O. The van der Waals surface area contributed by atoms with Gasteiger partial charge in [0.1, 0.15) is 5.75 Å². The zero-order valence-corrected chi connectivity index (χ0v) is 16.9. The number of aryl methyl sites for hydroxylation is 1. The topological polar surface area (TPSA) is 59.4 Å². The lowest BCUT2D eigenvalue weighted by Gasteiger charge is -2.09. The predicted molar refractivity (Wildman–Crippen MR) is 122 cm³/mol. The van der Waals surface area contributed by atoms with Crippen LogP contribution in [0.1, 0.15) is 11.1 Å². The van der Waals surface area contributed by atoms with Gasteiger partial charge in [-0.3, -0.25) is 0 Å². The van der Waals surface area contributed by atoms with Gasteiger partial charge in [0.25, 0.3) is 0 Å². The smallest absolute Gasteiger partial charge is 0.244 e. The van der Waals surface area contributed by atoms with E-state index in [9.17, 15) is 0 Å². The van der Waals surface area contributed by atoms with Crippen LogP contribution in [-0.2, 0) is 0 Å². The number of ether oxygens (including phenoxy) is 1. The number of benzene rings is 3. The van der Waals surface area contributed by atoms with Crippen LogP contribution in [0.25, 0.3) is 22.5 Å². The molecule has 0 spiro atoms. The van der Waals surface area contributed by atoms with Crippen LogP contribution < -0.4 is 10.2 Å². The Morgan fingerprint density at radius 3 is 2.00 bits per heavy atom. The molecule has 30 heavy (non-hydrogen) atoms. The van der Waals surface area contributed by atoms with Gasteiger partial charge in [0.2, 0.25) is 5.95 Å². The van der Waals surface area contributed by atoms with Gasteiger partial charge in [-0.25, -0.2) is 15.4 Å². The number of anilines is 1. The second kappa shape index (κ2) is 9.01. The Balaban J connectivity index is 1.69. The van der Waals surface area contributed by atoms with Crippen LogP contribution in [0.2, 0.25) is 0 Å². The van der Waals surface area contributed by atoms with Crippen molar-refractivity contribution in [3.63, 3.8) is 0 Å². The van der Waals surface area contributed by atoms with Crippen molar-refractivity contribution in [1.82, 2.24) is 9.97 Å². The quantitative estimate of drug-likeness (QED) is 0.343. The van der Waals surface area contributed by atoms with E-state index in [4.69, 9.17) is 4.74 Å². The van der Waals surface area contributed by atoms with E-state index in [0.29, 0.717) is 5.95 Å². The Morgan fingerprint density at radius 2 is 1.40 bits per heavy atom. The van der Waals surface area contributed by atoms with E-state index < -0.39 is 0 Å². The van der Waals surface area contributed by atoms with Crippen molar-refractivity contribution in [1.29, 1.82) is 0 Å². The molecule has 1 heterocycles. The summed E-state index contributed by atoms with van der Waals surface area (Å²) in [5.41, 5.74) is 8.80. The van der Waals surface area contributed by atoms with Crippen LogP contribution in [0.15, 0.2) is 90.0 Å².